The summed E-state index contributed by atoms with van der Waals surface area (Å²) in [4.78, 5) is 70.0. The number of fused-ring (bicyclic) bond motifs is 4. The molecule has 10 rings (SSSR count). The van der Waals surface area contributed by atoms with Crippen molar-refractivity contribution in [3.8, 4) is 17.6 Å². The number of aromatic nitrogens is 1. The highest BCUT2D eigenvalue weighted by Crippen LogP contribution is 2.66. The highest BCUT2D eigenvalue weighted by Gasteiger charge is 2.76. The van der Waals surface area contributed by atoms with Crippen LogP contribution in [-0.4, -0.2) is 78.4 Å². The summed E-state index contributed by atoms with van der Waals surface area (Å²) in [5.74, 6) is 3.41. The van der Waals surface area contributed by atoms with E-state index in [0.29, 0.717) is 33.5 Å². The van der Waals surface area contributed by atoms with Gasteiger partial charge in [-0.25, -0.2) is 14.7 Å². The highest BCUT2D eigenvalue weighted by atomic mass is 32.1. The van der Waals surface area contributed by atoms with E-state index in [9.17, 15) is 9.90 Å². The zero-order chi connectivity index (χ0) is 46.8. The molecule has 2 fully saturated rings. The fourth-order valence-corrected chi connectivity index (χ4v) is 11.2. The molecular weight excluding hydrogens is 881 g/mol. The number of esters is 1. The van der Waals surface area contributed by atoms with Gasteiger partial charge in [0, 0.05) is 12.7 Å². The van der Waals surface area contributed by atoms with E-state index in [1.165, 1.54) is 18.4 Å². The maximum atomic E-state index is 16.4. The maximum Gasteiger partial charge on any atom is 0.421 e. The Morgan fingerprint density at radius 2 is 1.60 bits per heavy atom. The van der Waals surface area contributed by atoms with Gasteiger partial charge in [0.1, 0.15) is 36.5 Å². The minimum absolute atomic E-state index is 0.0440. The SMILES string of the molecule is COCCOC(=O)N1C(=O)[C@@]2(c3cc(C#CC4=CCCCC4)ccc31)[C@H](C(=O)Nc1nc3ccccc3s1)[C@H]1C(=O)O[C@H](c3ccccc3)[C@H](c3ccccc3)N1[C@@H]2c1ccc(OCCO)cc1. The first-order valence-electron chi connectivity index (χ1n) is 22.8. The summed E-state index contributed by atoms with van der Waals surface area (Å²) in [6.07, 6.45) is 4.16. The molecule has 1 aromatic heterocycles. The Balaban J connectivity index is 1.26. The number of carbonyl (C=O) groups excluding carboxylic acids is 4. The van der Waals surface area contributed by atoms with Crippen molar-refractivity contribution in [2.24, 2.45) is 5.92 Å². The van der Waals surface area contributed by atoms with Crippen molar-refractivity contribution < 1.29 is 43.2 Å². The number of methoxy groups -OCH3 is 1. The van der Waals surface area contributed by atoms with Crippen molar-refractivity contribution in [3.63, 3.8) is 0 Å². The predicted molar refractivity (Wildman–Crippen MR) is 256 cm³/mol. The van der Waals surface area contributed by atoms with Crippen LogP contribution >= 0.6 is 11.3 Å². The second-order valence-corrected chi connectivity index (χ2v) is 18.1. The van der Waals surface area contributed by atoms with Gasteiger partial charge in [-0.3, -0.25) is 19.3 Å². The number of morpholine rings is 1. The molecule has 2 saturated heterocycles. The second kappa shape index (κ2) is 19.2. The van der Waals surface area contributed by atoms with Crippen molar-refractivity contribution in [2.75, 3.05) is 43.8 Å². The average Bonchev–Trinajstić information content (AvgIpc) is 4.01. The van der Waals surface area contributed by atoms with E-state index in [1.807, 2.05) is 89.8 Å². The molecule has 1 spiro atoms. The first-order chi connectivity index (χ1) is 33.3. The number of hydrogen-bond acceptors (Lipinski definition) is 12. The molecule has 14 heteroatoms. The predicted octanol–water partition coefficient (Wildman–Crippen LogP) is 8.61. The Kier molecular flexibility index (Phi) is 12.6. The lowest BCUT2D eigenvalue weighted by molar-refractivity contribution is -0.177. The molecule has 6 aromatic rings. The first kappa shape index (κ1) is 44.7. The zero-order valence-corrected chi connectivity index (χ0v) is 38.0. The monoisotopic (exact) mass is 928 g/mol. The lowest BCUT2D eigenvalue weighted by atomic mass is 9.65. The average molecular weight is 929 g/mol. The van der Waals surface area contributed by atoms with Gasteiger partial charge in [-0.1, -0.05) is 114 Å². The second-order valence-electron chi connectivity index (χ2n) is 17.1. The summed E-state index contributed by atoms with van der Waals surface area (Å²) in [6, 6.07) is 35.4. The minimum Gasteiger partial charge on any atom is -0.491 e. The van der Waals surface area contributed by atoms with Crippen LogP contribution in [0.2, 0.25) is 0 Å². The summed E-state index contributed by atoms with van der Waals surface area (Å²) < 4.78 is 24.2. The molecule has 0 saturated carbocycles. The molecule has 0 radical (unpaired) electrons. The number of allylic oxidation sites excluding steroid dienone is 2. The molecule has 4 heterocycles. The summed E-state index contributed by atoms with van der Waals surface area (Å²) in [5, 5.41) is 12.9. The molecule has 13 nitrogen and oxygen atoms in total. The third kappa shape index (κ3) is 8.01. The summed E-state index contributed by atoms with van der Waals surface area (Å²) in [5.41, 5.74) is 2.69. The van der Waals surface area contributed by atoms with Gasteiger partial charge in [-0.05, 0) is 96.0 Å². The number of cyclic esters (lactones) is 1. The molecule has 4 aliphatic rings. The number of aliphatic hydroxyl groups is 1. The number of thiazole rings is 1. The van der Waals surface area contributed by atoms with Crippen LogP contribution in [0.5, 0.6) is 5.75 Å². The van der Waals surface area contributed by atoms with Gasteiger partial charge in [0.2, 0.25) is 11.8 Å². The van der Waals surface area contributed by atoms with Gasteiger partial charge in [-0.15, -0.1) is 0 Å². The third-order valence-electron chi connectivity index (χ3n) is 13.2. The quantitative estimate of drug-likeness (QED) is 0.0729. The number of benzene rings is 5. The fraction of sp³-hybridized carbons (Fsp3) is 0.278. The molecule has 3 aliphatic heterocycles. The number of carbonyl (C=O) groups is 4. The number of hydrogen-bond donors (Lipinski definition) is 2. The summed E-state index contributed by atoms with van der Waals surface area (Å²) >= 11 is 1.26. The molecule has 344 valence electrons. The Morgan fingerprint density at radius 1 is 0.853 bits per heavy atom. The lowest BCUT2D eigenvalue weighted by Gasteiger charge is -2.46. The number of amides is 3. The van der Waals surface area contributed by atoms with Crippen LogP contribution in [0.15, 0.2) is 139 Å². The molecule has 68 heavy (non-hydrogen) atoms. The Labute approximate surface area is 397 Å². The lowest BCUT2D eigenvalue weighted by Crippen LogP contribution is -2.54. The van der Waals surface area contributed by atoms with E-state index in [0.717, 1.165) is 46.4 Å². The molecule has 6 atom stereocenters. The Hall–Kier alpha value is -7.15. The number of imide groups is 1. The number of aliphatic hydroxyl groups excluding tert-OH is 1. The van der Waals surface area contributed by atoms with Crippen LogP contribution < -0.4 is 15.0 Å². The number of nitrogens with one attached hydrogen (secondary N) is 1. The molecule has 2 N–H and O–H groups in total. The Morgan fingerprint density at radius 3 is 2.32 bits per heavy atom. The van der Waals surface area contributed by atoms with Crippen LogP contribution in [0.4, 0.5) is 15.6 Å². The number of anilines is 2. The van der Waals surface area contributed by atoms with Gasteiger partial charge in [-0.2, -0.15) is 0 Å². The van der Waals surface area contributed by atoms with Crippen LogP contribution in [0.1, 0.15) is 71.7 Å². The van der Waals surface area contributed by atoms with Gasteiger partial charge in [0.15, 0.2) is 5.13 Å². The van der Waals surface area contributed by atoms with Gasteiger partial charge < -0.3 is 29.4 Å². The number of rotatable bonds is 11. The van der Waals surface area contributed by atoms with Crippen molar-refractivity contribution in [3.05, 3.63) is 167 Å². The molecule has 0 bridgehead atoms. The largest absolute Gasteiger partial charge is 0.491 e. The van der Waals surface area contributed by atoms with E-state index in [1.54, 1.807) is 42.5 Å². The molecular formula is C54H48N4O9S. The van der Waals surface area contributed by atoms with Crippen molar-refractivity contribution in [2.45, 2.75) is 55.3 Å². The van der Waals surface area contributed by atoms with Gasteiger partial charge in [0.05, 0.1) is 47.1 Å². The smallest absolute Gasteiger partial charge is 0.421 e. The van der Waals surface area contributed by atoms with E-state index in [4.69, 9.17) is 23.9 Å². The van der Waals surface area contributed by atoms with E-state index >= 15 is 14.4 Å². The zero-order valence-electron chi connectivity index (χ0n) is 37.2. The number of ether oxygens (including phenoxy) is 4. The van der Waals surface area contributed by atoms with Crippen molar-refractivity contribution in [1.29, 1.82) is 0 Å². The van der Waals surface area contributed by atoms with Crippen LogP contribution in [-0.2, 0) is 34.0 Å². The highest BCUT2D eigenvalue weighted by molar-refractivity contribution is 7.22. The van der Waals surface area contributed by atoms with Crippen LogP contribution in [0, 0.1) is 17.8 Å². The van der Waals surface area contributed by atoms with E-state index in [2.05, 4.69) is 23.2 Å². The van der Waals surface area contributed by atoms with Crippen molar-refractivity contribution >= 4 is 56.2 Å². The molecule has 5 aromatic carbocycles. The van der Waals surface area contributed by atoms with Crippen LogP contribution in [0.25, 0.3) is 10.2 Å². The fourth-order valence-electron chi connectivity index (χ4n) is 10.4. The molecule has 3 amide bonds. The Bertz CT molecular complexity index is 2930. The molecule has 0 unspecified atom stereocenters. The van der Waals surface area contributed by atoms with Gasteiger partial charge >= 0.3 is 12.1 Å². The van der Waals surface area contributed by atoms with Crippen LogP contribution in [0.3, 0.4) is 0 Å². The normalized spacial score (nSPS) is 23.0. The molecule has 1 aliphatic carbocycles. The van der Waals surface area contributed by atoms with Gasteiger partial charge in [0.25, 0.3) is 0 Å². The maximum absolute atomic E-state index is 16.4. The number of para-hydroxylation sites is 1. The summed E-state index contributed by atoms with van der Waals surface area (Å²) in [6.45, 7) is -0.253. The van der Waals surface area contributed by atoms with E-state index in [-0.39, 0.29) is 37.2 Å². The third-order valence-corrected chi connectivity index (χ3v) is 14.1. The first-order valence-corrected chi connectivity index (χ1v) is 23.6. The minimum atomic E-state index is -2.03. The number of nitrogens with zero attached hydrogens (tertiary/aromatic N) is 3. The topological polar surface area (TPSA) is 157 Å². The van der Waals surface area contributed by atoms with Crippen molar-refractivity contribution in [1.82, 2.24) is 9.88 Å². The van der Waals surface area contributed by atoms with E-state index < -0.39 is 59.4 Å². The summed E-state index contributed by atoms with van der Waals surface area (Å²) in [7, 11) is 1.48. The standard InChI is InChI=1S/C54H48N4O9S/c1-64-31-32-66-53(63)57-42-28-23-35(22-21-34-13-5-2-6-14-34)33-40(42)54(51(57)62)44(49(60)56-52-55-41-19-11-12-20-43(41)68-52)46-50(61)67-47(37-17-9-4-10-18-37)45(36-15-7-3-8-16-36)58(46)48(54)38-24-26-39(27-25-38)65-30-29-59/h3-4,7-13,15-20,23-28,33,44-48,59H,2,5-6,14,29-32H2,1H3,(H,55,56,60)/t44-,45-,46-,47+,48+,54-/m0/s1.